The maximum absolute atomic E-state index is 12.4. The topological polar surface area (TPSA) is 90.5 Å². The van der Waals surface area contributed by atoms with E-state index in [0.29, 0.717) is 35.1 Å². The van der Waals surface area contributed by atoms with Crippen LogP contribution in [0.25, 0.3) is 0 Å². The minimum atomic E-state index is -0.365. The van der Waals surface area contributed by atoms with Crippen molar-refractivity contribution in [3.63, 3.8) is 0 Å². The van der Waals surface area contributed by atoms with E-state index in [2.05, 4.69) is 16.0 Å². The van der Waals surface area contributed by atoms with Crippen LogP contribution in [-0.2, 0) is 9.59 Å². The number of hydrogen-bond donors (Lipinski definition) is 3. The Hall–Kier alpha value is -3.06. The largest absolute Gasteiger partial charge is 0.338 e. The molecular formula is C19H19ClN4O3. The van der Waals surface area contributed by atoms with Crippen molar-refractivity contribution in [2.24, 2.45) is 0 Å². The minimum Gasteiger partial charge on any atom is -0.338 e. The summed E-state index contributed by atoms with van der Waals surface area (Å²) < 4.78 is 0. The summed E-state index contributed by atoms with van der Waals surface area (Å²) in [5.41, 5.74) is 1.92. The highest BCUT2D eigenvalue weighted by molar-refractivity contribution is 6.30. The number of hydrogen-bond acceptors (Lipinski definition) is 3. The standard InChI is InChI=1S/C19H19ClN4O3/c20-13-7-9-14(10-8-13)22-17(25)6-3-11-21-19(27)24-12-18(26)23-15-4-1-2-5-16(15)24/h1-2,4-5,7-10H,3,6,11-12H2,(H,21,27)(H,22,25)(H,23,26). The van der Waals surface area contributed by atoms with Crippen LogP contribution in [0.4, 0.5) is 21.9 Å². The van der Waals surface area contributed by atoms with Crippen molar-refractivity contribution in [1.82, 2.24) is 5.32 Å². The first kappa shape index (κ1) is 18.7. The van der Waals surface area contributed by atoms with Gasteiger partial charge in [0.1, 0.15) is 6.54 Å². The summed E-state index contributed by atoms with van der Waals surface area (Å²) in [6.45, 7) is 0.285. The van der Waals surface area contributed by atoms with Crippen molar-refractivity contribution < 1.29 is 14.4 Å². The van der Waals surface area contributed by atoms with E-state index in [1.807, 2.05) is 0 Å². The Morgan fingerprint density at radius 3 is 2.63 bits per heavy atom. The zero-order valence-corrected chi connectivity index (χ0v) is 15.3. The summed E-state index contributed by atoms with van der Waals surface area (Å²) in [4.78, 5) is 37.5. The Bertz CT molecular complexity index is 854. The monoisotopic (exact) mass is 386 g/mol. The lowest BCUT2D eigenvalue weighted by Gasteiger charge is -2.29. The molecule has 0 atom stereocenters. The van der Waals surface area contributed by atoms with Crippen LogP contribution in [0.5, 0.6) is 0 Å². The zero-order valence-electron chi connectivity index (χ0n) is 14.5. The average Bonchev–Trinajstić information content (AvgIpc) is 2.66. The van der Waals surface area contributed by atoms with Gasteiger partial charge in [0.25, 0.3) is 0 Å². The van der Waals surface area contributed by atoms with Gasteiger partial charge in [0.15, 0.2) is 0 Å². The molecule has 1 aliphatic heterocycles. The first-order chi connectivity index (χ1) is 13.0. The number of fused-ring (bicyclic) bond motifs is 1. The number of nitrogens with one attached hydrogen (secondary N) is 3. The Morgan fingerprint density at radius 1 is 1.11 bits per heavy atom. The molecule has 27 heavy (non-hydrogen) atoms. The van der Waals surface area contributed by atoms with Gasteiger partial charge in [-0.1, -0.05) is 23.7 Å². The molecule has 8 heteroatoms. The van der Waals surface area contributed by atoms with Crippen LogP contribution >= 0.6 is 11.6 Å². The minimum absolute atomic E-state index is 0.0418. The van der Waals surface area contributed by atoms with Crippen LogP contribution < -0.4 is 20.9 Å². The fraction of sp³-hybridized carbons (Fsp3) is 0.211. The third-order valence-electron chi connectivity index (χ3n) is 4.00. The van der Waals surface area contributed by atoms with E-state index in [9.17, 15) is 14.4 Å². The normalized spacial score (nSPS) is 12.8. The molecule has 1 heterocycles. The third kappa shape index (κ3) is 4.98. The number of nitrogens with zero attached hydrogens (tertiary/aromatic N) is 1. The molecule has 2 aromatic carbocycles. The number of rotatable bonds is 5. The number of benzene rings is 2. The lowest BCUT2D eigenvalue weighted by atomic mass is 10.2. The number of amides is 4. The summed E-state index contributed by atoms with van der Waals surface area (Å²) >= 11 is 5.80. The van der Waals surface area contributed by atoms with Gasteiger partial charge in [-0.3, -0.25) is 14.5 Å². The lowest BCUT2D eigenvalue weighted by molar-refractivity contribution is -0.116. The van der Waals surface area contributed by atoms with E-state index in [4.69, 9.17) is 11.6 Å². The van der Waals surface area contributed by atoms with Crippen LogP contribution in [0, 0.1) is 0 Å². The van der Waals surface area contributed by atoms with Crippen molar-refractivity contribution in [2.45, 2.75) is 12.8 Å². The quantitative estimate of drug-likeness (QED) is 0.689. The van der Waals surface area contributed by atoms with Crippen LogP contribution in [0.1, 0.15) is 12.8 Å². The predicted molar refractivity (Wildman–Crippen MR) is 105 cm³/mol. The number of urea groups is 1. The highest BCUT2D eigenvalue weighted by Gasteiger charge is 2.26. The van der Waals surface area contributed by atoms with E-state index >= 15 is 0 Å². The molecule has 3 N–H and O–H groups in total. The van der Waals surface area contributed by atoms with Crippen LogP contribution in [0.3, 0.4) is 0 Å². The van der Waals surface area contributed by atoms with Crippen LogP contribution in [-0.4, -0.2) is 30.9 Å². The molecule has 1 aliphatic rings. The number of halogens is 1. The maximum atomic E-state index is 12.4. The van der Waals surface area contributed by atoms with E-state index in [1.54, 1.807) is 48.5 Å². The zero-order chi connectivity index (χ0) is 19.2. The Labute approximate surface area is 161 Å². The maximum Gasteiger partial charge on any atom is 0.322 e. The van der Waals surface area contributed by atoms with Crippen molar-refractivity contribution in [1.29, 1.82) is 0 Å². The Balaban J connectivity index is 1.45. The summed E-state index contributed by atoms with van der Waals surface area (Å²) in [6, 6.07) is 13.6. The molecule has 0 saturated carbocycles. The summed E-state index contributed by atoms with van der Waals surface area (Å²) in [6.07, 6.45) is 0.743. The third-order valence-corrected chi connectivity index (χ3v) is 4.25. The molecule has 0 aliphatic carbocycles. The van der Waals surface area contributed by atoms with Crippen molar-refractivity contribution in [3.8, 4) is 0 Å². The molecule has 0 fully saturated rings. The highest BCUT2D eigenvalue weighted by Crippen LogP contribution is 2.28. The molecule has 0 radical (unpaired) electrons. The molecule has 0 unspecified atom stereocenters. The first-order valence-electron chi connectivity index (χ1n) is 8.52. The average molecular weight is 387 g/mol. The number of carbonyl (C=O) groups excluding carboxylic acids is 3. The molecule has 0 bridgehead atoms. The predicted octanol–water partition coefficient (Wildman–Crippen LogP) is 3.23. The second-order valence-corrected chi connectivity index (χ2v) is 6.48. The van der Waals surface area contributed by atoms with Gasteiger partial charge in [0.05, 0.1) is 11.4 Å². The molecule has 4 amide bonds. The summed E-state index contributed by atoms with van der Waals surface area (Å²) in [7, 11) is 0. The molecule has 0 spiro atoms. The highest BCUT2D eigenvalue weighted by atomic mass is 35.5. The molecule has 140 valence electrons. The number of anilines is 3. The molecule has 2 aromatic rings. The van der Waals surface area contributed by atoms with Crippen molar-refractivity contribution in [2.75, 3.05) is 28.6 Å². The molecule has 3 rings (SSSR count). The number of carbonyl (C=O) groups is 3. The smallest absolute Gasteiger partial charge is 0.322 e. The van der Waals surface area contributed by atoms with Gasteiger partial charge in [-0.15, -0.1) is 0 Å². The van der Waals surface area contributed by atoms with Crippen LogP contribution in [0.15, 0.2) is 48.5 Å². The molecule has 0 saturated heterocycles. The molecular weight excluding hydrogens is 368 g/mol. The fourth-order valence-electron chi connectivity index (χ4n) is 2.71. The fourth-order valence-corrected chi connectivity index (χ4v) is 2.84. The second-order valence-electron chi connectivity index (χ2n) is 6.04. The van der Waals surface area contributed by atoms with Crippen LogP contribution in [0.2, 0.25) is 5.02 Å². The lowest BCUT2D eigenvalue weighted by Crippen LogP contribution is -2.47. The first-order valence-corrected chi connectivity index (χ1v) is 8.90. The van der Waals surface area contributed by atoms with E-state index in [1.165, 1.54) is 4.90 Å². The van der Waals surface area contributed by atoms with Gasteiger partial charge in [0, 0.05) is 23.7 Å². The van der Waals surface area contributed by atoms with Crippen molar-refractivity contribution >= 4 is 46.5 Å². The van der Waals surface area contributed by atoms with E-state index in [-0.39, 0.29) is 30.8 Å². The van der Waals surface area contributed by atoms with Gasteiger partial charge in [-0.05, 0) is 42.8 Å². The molecule has 0 aromatic heterocycles. The van der Waals surface area contributed by atoms with Gasteiger partial charge < -0.3 is 16.0 Å². The van der Waals surface area contributed by atoms with Crippen molar-refractivity contribution in [3.05, 3.63) is 53.6 Å². The van der Waals surface area contributed by atoms with Gasteiger partial charge in [0.2, 0.25) is 11.8 Å². The van der Waals surface area contributed by atoms with Gasteiger partial charge >= 0.3 is 6.03 Å². The second kappa shape index (κ2) is 8.55. The molecule has 7 nitrogen and oxygen atoms in total. The van der Waals surface area contributed by atoms with E-state index < -0.39 is 0 Å². The van der Waals surface area contributed by atoms with Gasteiger partial charge in [-0.25, -0.2) is 4.79 Å². The Morgan fingerprint density at radius 2 is 1.85 bits per heavy atom. The number of para-hydroxylation sites is 2. The summed E-state index contributed by atoms with van der Waals surface area (Å²) in [5, 5.41) is 8.85. The Kier molecular flexibility index (Phi) is 5.93. The summed E-state index contributed by atoms with van der Waals surface area (Å²) in [5.74, 6) is -0.388. The van der Waals surface area contributed by atoms with Gasteiger partial charge in [-0.2, -0.15) is 0 Å². The van der Waals surface area contributed by atoms with E-state index in [0.717, 1.165) is 0 Å². The SMILES string of the molecule is O=C(CCCNC(=O)N1CC(=O)Nc2ccccc21)Nc1ccc(Cl)cc1.